The number of hydrogen-bond acceptors (Lipinski definition) is 3. The summed E-state index contributed by atoms with van der Waals surface area (Å²) in [6.07, 6.45) is 0.481. The Hall–Kier alpha value is -1.85. The molecular formula is C12H15F2N3O. The van der Waals surface area contributed by atoms with E-state index in [0.29, 0.717) is 19.5 Å². The van der Waals surface area contributed by atoms with Gasteiger partial charge in [0.05, 0.1) is 0 Å². The SMILES string of the molecule is CCC1C(=O)NCCN1c1c(F)cc(N)cc1F. The van der Waals surface area contributed by atoms with E-state index in [4.69, 9.17) is 5.73 Å². The van der Waals surface area contributed by atoms with Crippen molar-refractivity contribution in [2.45, 2.75) is 19.4 Å². The number of carbonyl (C=O) groups is 1. The Morgan fingerprint density at radius 2 is 2.06 bits per heavy atom. The number of halogens is 2. The molecule has 1 aliphatic rings. The van der Waals surface area contributed by atoms with E-state index in [0.717, 1.165) is 12.1 Å². The number of nitrogens with two attached hydrogens (primary N) is 1. The Morgan fingerprint density at radius 3 is 2.61 bits per heavy atom. The third kappa shape index (κ3) is 2.10. The molecule has 1 amide bonds. The van der Waals surface area contributed by atoms with Crippen molar-refractivity contribution < 1.29 is 13.6 Å². The fraction of sp³-hybridized carbons (Fsp3) is 0.417. The number of benzene rings is 1. The normalized spacial score (nSPS) is 19.8. The third-order valence-corrected chi connectivity index (χ3v) is 3.04. The largest absolute Gasteiger partial charge is 0.399 e. The highest BCUT2D eigenvalue weighted by Crippen LogP contribution is 2.29. The second-order valence-corrected chi connectivity index (χ2v) is 4.24. The van der Waals surface area contributed by atoms with Gasteiger partial charge in [0.25, 0.3) is 0 Å². The van der Waals surface area contributed by atoms with Gasteiger partial charge in [0, 0.05) is 18.8 Å². The van der Waals surface area contributed by atoms with Crippen LogP contribution in [0, 0.1) is 11.6 Å². The van der Waals surface area contributed by atoms with E-state index in [9.17, 15) is 13.6 Å². The van der Waals surface area contributed by atoms with Gasteiger partial charge in [0.15, 0.2) is 11.6 Å². The lowest BCUT2D eigenvalue weighted by molar-refractivity contribution is -0.123. The number of piperazine rings is 1. The van der Waals surface area contributed by atoms with Gasteiger partial charge in [-0.3, -0.25) is 4.79 Å². The van der Waals surface area contributed by atoms with E-state index in [-0.39, 0.29) is 17.3 Å². The lowest BCUT2D eigenvalue weighted by Gasteiger charge is -2.36. The van der Waals surface area contributed by atoms with Crippen LogP contribution in [0.4, 0.5) is 20.2 Å². The Balaban J connectivity index is 2.43. The molecule has 2 rings (SSSR count). The third-order valence-electron chi connectivity index (χ3n) is 3.04. The van der Waals surface area contributed by atoms with E-state index in [1.807, 2.05) is 0 Å². The molecule has 6 heteroatoms. The zero-order valence-electron chi connectivity index (χ0n) is 10.0. The van der Waals surface area contributed by atoms with Gasteiger partial charge in [-0.25, -0.2) is 8.78 Å². The molecular weight excluding hydrogens is 240 g/mol. The van der Waals surface area contributed by atoms with Crippen LogP contribution in [0.25, 0.3) is 0 Å². The molecule has 3 N–H and O–H groups in total. The summed E-state index contributed by atoms with van der Waals surface area (Å²) >= 11 is 0. The number of rotatable bonds is 2. The molecule has 0 radical (unpaired) electrons. The van der Waals surface area contributed by atoms with Gasteiger partial charge in [-0.2, -0.15) is 0 Å². The van der Waals surface area contributed by atoms with E-state index < -0.39 is 17.7 Å². The van der Waals surface area contributed by atoms with E-state index in [1.54, 1.807) is 6.92 Å². The van der Waals surface area contributed by atoms with Crippen LogP contribution in [0.1, 0.15) is 13.3 Å². The standard InChI is InChI=1S/C12H15F2N3O/c1-2-10-12(18)16-3-4-17(10)11-8(13)5-7(15)6-9(11)14/h5-6,10H,2-4,15H2,1H3,(H,16,18). The fourth-order valence-electron chi connectivity index (χ4n) is 2.25. The summed E-state index contributed by atoms with van der Waals surface area (Å²) < 4.78 is 27.7. The summed E-state index contributed by atoms with van der Waals surface area (Å²) in [5.74, 6) is -1.68. The molecule has 1 unspecified atom stereocenters. The molecule has 1 saturated heterocycles. The highest BCUT2D eigenvalue weighted by molar-refractivity contribution is 5.86. The number of nitrogens with one attached hydrogen (secondary N) is 1. The average Bonchev–Trinajstić information content (AvgIpc) is 2.27. The summed E-state index contributed by atoms with van der Waals surface area (Å²) in [7, 11) is 0. The summed E-state index contributed by atoms with van der Waals surface area (Å²) in [6.45, 7) is 2.55. The highest BCUT2D eigenvalue weighted by atomic mass is 19.1. The van der Waals surface area contributed by atoms with Crippen LogP contribution in [0.2, 0.25) is 0 Å². The van der Waals surface area contributed by atoms with E-state index in [2.05, 4.69) is 5.32 Å². The minimum absolute atomic E-state index is 0.0308. The van der Waals surface area contributed by atoms with Gasteiger partial charge in [0.2, 0.25) is 5.91 Å². The van der Waals surface area contributed by atoms with Crippen LogP contribution in [0.15, 0.2) is 12.1 Å². The molecule has 1 heterocycles. The molecule has 0 aromatic heterocycles. The Morgan fingerprint density at radius 1 is 1.44 bits per heavy atom. The quantitative estimate of drug-likeness (QED) is 0.782. The van der Waals surface area contributed by atoms with Gasteiger partial charge in [-0.15, -0.1) is 0 Å². The first kappa shape index (κ1) is 12.6. The average molecular weight is 255 g/mol. The van der Waals surface area contributed by atoms with Crippen molar-refractivity contribution in [3.63, 3.8) is 0 Å². The molecule has 0 spiro atoms. The first-order valence-electron chi connectivity index (χ1n) is 5.83. The zero-order valence-corrected chi connectivity index (χ0v) is 10.0. The second-order valence-electron chi connectivity index (χ2n) is 4.24. The van der Waals surface area contributed by atoms with Crippen LogP contribution in [0.3, 0.4) is 0 Å². The molecule has 0 saturated carbocycles. The Bertz CT molecular complexity index is 455. The maximum absolute atomic E-state index is 13.8. The molecule has 1 fully saturated rings. The van der Waals surface area contributed by atoms with Crippen molar-refractivity contribution >= 4 is 17.3 Å². The van der Waals surface area contributed by atoms with E-state index >= 15 is 0 Å². The van der Waals surface area contributed by atoms with Gasteiger partial charge in [-0.1, -0.05) is 6.92 Å². The molecule has 1 aromatic rings. The number of nitrogen functional groups attached to an aromatic ring is 1. The second kappa shape index (κ2) is 4.80. The van der Waals surface area contributed by atoms with Crippen LogP contribution in [-0.4, -0.2) is 25.0 Å². The van der Waals surface area contributed by atoms with Gasteiger partial charge < -0.3 is 16.0 Å². The monoisotopic (exact) mass is 255 g/mol. The molecule has 1 atom stereocenters. The van der Waals surface area contributed by atoms with Crippen molar-refractivity contribution in [2.75, 3.05) is 23.7 Å². The number of anilines is 2. The lowest BCUT2D eigenvalue weighted by Crippen LogP contribution is -2.55. The number of amides is 1. The molecule has 1 aromatic carbocycles. The molecule has 1 aliphatic heterocycles. The van der Waals surface area contributed by atoms with Gasteiger partial charge >= 0.3 is 0 Å². The first-order valence-corrected chi connectivity index (χ1v) is 5.83. The Labute approximate surface area is 104 Å². The van der Waals surface area contributed by atoms with Crippen molar-refractivity contribution in [2.24, 2.45) is 0 Å². The smallest absolute Gasteiger partial charge is 0.242 e. The van der Waals surface area contributed by atoms with Crippen LogP contribution in [0.5, 0.6) is 0 Å². The maximum atomic E-state index is 13.8. The summed E-state index contributed by atoms with van der Waals surface area (Å²) in [6, 6.07) is 1.58. The van der Waals surface area contributed by atoms with Crippen LogP contribution < -0.4 is 16.0 Å². The fourth-order valence-corrected chi connectivity index (χ4v) is 2.25. The summed E-state index contributed by atoms with van der Waals surface area (Å²) in [5.41, 5.74) is 5.23. The predicted molar refractivity (Wildman–Crippen MR) is 65.2 cm³/mol. The van der Waals surface area contributed by atoms with E-state index in [1.165, 1.54) is 4.90 Å². The zero-order chi connectivity index (χ0) is 13.3. The topological polar surface area (TPSA) is 58.4 Å². The van der Waals surface area contributed by atoms with Crippen molar-refractivity contribution in [3.8, 4) is 0 Å². The number of hydrogen-bond donors (Lipinski definition) is 2. The van der Waals surface area contributed by atoms with Crippen LogP contribution >= 0.6 is 0 Å². The molecule has 98 valence electrons. The first-order chi connectivity index (χ1) is 8.54. The molecule has 0 aliphatic carbocycles. The lowest BCUT2D eigenvalue weighted by atomic mass is 10.1. The number of nitrogens with zero attached hydrogens (tertiary/aromatic N) is 1. The van der Waals surface area contributed by atoms with Crippen molar-refractivity contribution in [1.29, 1.82) is 0 Å². The summed E-state index contributed by atoms with van der Waals surface area (Å²) in [5, 5.41) is 2.68. The van der Waals surface area contributed by atoms with Crippen LogP contribution in [-0.2, 0) is 4.79 Å². The Kier molecular flexibility index (Phi) is 3.36. The molecule has 18 heavy (non-hydrogen) atoms. The minimum Gasteiger partial charge on any atom is -0.399 e. The summed E-state index contributed by atoms with van der Waals surface area (Å²) in [4.78, 5) is 13.1. The van der Waals surface area contributed by atoms with Gasteiger partial charge in [0.1, 0.15) is 11.7 Å². The predicted octanol–water partition coefficient (Wildman–Crippen LogP) is 1.26. The maximum Gasteiger partial charge on any atom is 0.242 e. The number of carbonyl (C=O) groups excluding carboxylic acids is 1. The van der Waals surface area contributed by atoms with Gasteiger partial charge in [-0.05, 0) is 18.6 Å². The minimum atomic E-state index is -0.736. The van der Waals surface area contributed by atoms with Crippen molar-refractivity contribution in [1.82, 2.24) is 5.32 Å². The molecule has 4 nitrogen and oxygen atoms in total. The van der Waals surface area contributed by atoms with Crippen molar-refractivity contribution in [3.05, 3.63) is 23.8 Å². The molecule has 0 bridgehead atoms. The highest BCUT2D eigenvalue weighted by Gasteiger charge is 2.31.